The zero-order valence-electron chi connectivity index (χ0n) is 19.6. The number of ether oxygens (including phenoxy) is 1. The summed E-state index contributed by atoms with van der Waals surface area (Å²) in [5, 5.41) is 14.2. The number of carbonyl (C=O) groups is 3. The van der Waals surface area contributed by atoms with Crippen molar-refractivity contribution in [1.29, 1.82) is 0 Å². The van der Waals surface area contributed by atoms with Crippen molar-refractivity contribution in [3.8, 4) is 0 Å². The molecule has 1 saturated heterocycles. The molecule has 10 heteroatoms. The van der Waals surface area contributed by atoms with Crippen LogP contribution in [0, 0.1) is 13.8 Å². The average molecular weight is 497 g/mol. The second kappa shape index (κ2) is 9.79. The van der Waals surface area contributed by atoms with Crippen molar-refractivity contribution in [3.05, 3.63) is 81.7 Å². The first kappa shape index (κ1) is 24.3. The number of H-pyrrole nitrogens is 2. The summed E-state index contributed by atoms with van der Waals surface area (Å²) in [5.74, 6) is -2.82. The van der Waals surface area contributed by atoms with Crippen LogP contribution in [0.5, 0.6) is 0 Å². The van der Waals surface area contributed by atoms with E-state index in [1.807, 2.05) is 10.8 Å². The number of ketones is 1. The molecule has 3 heterocycles. The number of Topliss-reactive ketones (excluding diaryl/α,β-unsaturated/α-hetero) is 1. The van der Waals surface area contributed by atoms with E-state index in [1.54, 1.807) is 50.6 Å². The van der Waals surface area contributed by atoms with Gasteiger partial charge in [0.2, 0.25) is 12.1 Å². The molecular weight excluding hydrogens is 472 g/mol. The molecule has 4 rings (SSSR count). The van der Waals surface area contributed by atoms with E-state index in [4.69, 9.17) is 16.3 Å². The zero-order chi connectivity index (χ0) is 25.3. The number of benzene rings is 1. The normalized spacial score (nSPS) is 17.3. The fraction of sp³-hybridized carbons (Fsp3) is 0.280. The van der Waals surface area contributed by atoms with Gasteiger partial charge in [0.25, 0.3) is 5.91 Å². The molecule has 0 spiro atoms. The number of aromatic amines is 2. The van der Waals surface area contributed by atoms with Gasteiger partial charge < -0.3 is 19.7 Å². The smallest absolute Gasteiger partial charge is 0.354 e. The zero-order valence-corrected chi connectivity index (χ0v) is 20.3. The predicted octanol–water partition coefficient (Wildman–Crippen LogP) is 2.00. The molecule has 3 aromatic rings. The third-order valence-electron chi connectivity index (χ3n) is 6.17. The maximum absolute atomic E-state index is 13.8. The first-order valence-electron chi connectivity index (χ1n) is 11.1. The number of imidazole rings is 1. The van der Waals surface area contributed by atoms with Gasteiger partial charge in [-0.1, -0.05) is 29.5 Å². The highest BCUT2D eigenvalue weighted by Gasteiger charge is 2.44. The van der Waals surface area contributed by atoms with Gasteiger partial charge in [0.15, 0.2) is 0 Å². The molecule has 1 fully saturated rings. The molecular formula is C25H25ClN4O5. The van der Waals surface area contributed by atoms with Crippen LogP contribution >= 0.6 is 11.6 Å². The van der Waals surface area contributed by atoms with Crippen LogP contribution in [0.4, 0.5) is 0 Å². The summed E-state index contributed by atoms with van der Waals surface area (Å²) >= 11 is 6.22. The number of hydrogen-bond donors (Lipinski definition) is 2. The number of aryl methyl sites for hydroxylation is 2. The van der Waals surface area contributed by atoms with Gasteiger partial charge in [0, 0.05) is 29.3 Å². The van der Waals surface area contributed by atoms with E-state index in [-0.39, 0.29) is 23.4 Å². The van der Waals surface area contributed by atoms with Crippen LogP contribution in [0.15, 0.2) is 48.6 Å². The standard InChI is InChI=1S/C25H25ClN4O5/c1-14-18(15(2)28-20(14)25(34)35-3)22(31)19-21(16-6-4-7-17(26)12-16)30(24(33)23(19)32)10-5-9-29-11-8-27-13-29/h4,6-8,11-13,21H,5,9-10H2,1-3H3,(H2,28,31,32,34). The number of halogens is 1. The minimum Gasteiger partial charge on any atom is -0.872 e. The second-order valence-corrected chi connectivity index (χ2v) is 8.78. The molecule has 1 atom stereocenters. The van der Waals surface area contributed by atoms with Gasteiger partial charge in [-0.2, -0.15) is 0 Å². The number of esters is 1. The quantitative estimate of drug-likeness (QED) is 0.170. The Hall–Kier alpha value is -3.85. The number of hydrogen-bond acceptors (Lipinski definition) is 5. The predicted molar refractivity (Wildman–Crippen MR) is 125 cm³/mol. The Kier molecular flexibility index (Phi) is 6.79. The number of aromatic nitrogens is 3. The Balaban J connectivity index is 1.80. The van der Waals surface area contributed by atoms with E-state index < -0.39 is 29.5 Å². The highest BCUT2D eigenvalue weighted by Crippen LogP contribution is 2.40. The molecule has 2 aromatic heterocycles. The lowest BCUT2D eigenvalue weighted by Crippen LogP contribution is -2.36. The number of nitrogens with one attached hydrogen (secondary N) is 2. The lowest BCUT2D eigenvalue weighted by Gasteiger charge is -2.27. The summed E-state index contributed by atoms with van der Waals surface area (Å²) in [7, 11) is 1.24. The molecule has 1 aromatic carbocycles. The monoisotopic (exact) mass is 496 g/mol. The van der Waals surface area contributed by atoms with Gasteiger partial charge in [-0.05, 0) is 42.7 Å². The van der Waals surface area contributed by atoms with Crippen molar-refractivity contribution in [1.82, 2.24) is 14.9 Å². The van der Waals surface area contributed by atoms with Gasteiger partial charge in [-0.15, -0.1) is 0 Å². The Morgan fingerprint density at radius 1 is 1.29 bits per heavy atom. The topological polar surface area (TPSA) is 122 Å². The SMILES string of the molecule is COC(=O)c1[nH]c(C)c(/C([O-])=C2\C(=O)C(=O)N(CCC[n+]3cc[nH]c3)C2c2cccc(Cl)c2)c1C. The van der Waals surface area contributed by atoms with Crippen molar-refractivity contribution >= 4 is 35.0 Å². The van der Waals surface area contributed by atoms with Gasteiger partial charge in [-0.25, -0.2) is 9.36 Å². The van der Waals surface area contributed by atoms with Crippen molar-refractivity contribution < 1.29 is 28.8 Å². The number of nitrogens with zero attached hydrogens (tertiary/aromatic N) is 2. The Morgan fingerprint density at radius 3 is 2.71 bits per heavy atom. The third kappa shape index (κ3) is 4.46. The molecule has 0 saturated carbocycles. The molecule has 1 amide bonds. The lowest BCUT2D eigenvalue weighted by atomic mass is 9.94. The summed E-state index contributed by atoms with van der Waals surface area (Å²) in [4.78, 5) is 45.7. The molecule has 9 nitrogen and oxygen atoms in total. The molecule has 35 heavy (non-hydrogen) atoms. The minimum absolute atomic E-state index is 0.130. The van der Waals surface area contributed by atoms with Crippen LogP contribution in [-0.2, 0) is 20.9 Å². The highest BCUT2D eigenvalue weighted by atomic mass is 35.5. The maximum atomic E-state index is 13.8. The molecule has 0 bridgehead atoms. The highest BCUT2D eigenvalue weighted by molar-refractivity contribution is 6.46. The van der Waals surface area contributed by atoms with Crippen LogP contribution in [0.3, 0.4) is 0 Å². The molecule has 182 valence electrons. The molecule has 0 aliphatic carbocycles. The summed E-state index contributed by atoms with van der Waals surface area (Å²) < 4.78 is 6.71. The summed E-state index contributed by atoms with van der Waals surface area (Å²) in [5.41, 5.74) is 1.48. The Bertz CT molecular complexity index is 1330. The number of likely N-dealkylation sites (tertiary alicyclic amines) is 1. The van der Waals surface area contributed by atoms with E-state index in [2.05, 4.69) is 9.97 Å². The van der Waals surface area contributed by atoms with Crippen LogP contribution in [0.2, 0.25) is 5.02 Å². The summed E-state index contributed by atoms with van der Waals surface area (Å²) in [6.07, 6.45) is 6.01. The van der Waals surface area contributed by atoms with Gasteiger partial charge in [0.1, 0.15) is 18.1 Å². The second-order valence-electron chi connectivity index (χ2n) is 8.35. The lowest BCUT2D eigenvalue weighted by molar-refractivity contribution is -0.695. The number of amides is 1. The average Bonchev–Trinajstić information content (AvgIpc) is 3.52. The first-order valence-corrected chi connectivity index (χ1v) is 11.4. The van der Waals surface area contributed by atoms with Crippen molar-refractivity contribution in [2.24, 2.45) is 0 Å². The van der Waals surface area contributed by atoms with E-state index in [0.29, 0.717) is 34.8 Å². The summed E-state index contributed by atoms with van der Waals surface area (Å²) in [6, 6.07) is 5.88. The third-order valence-corrected chi connectivity index (χ3v) is 6.40. The number of carbonyl (C=O) groups excluding carboxylic acids is 3. The van der Waals surface area contributed by atoms with E-state index in [0.717, 1.165) is 0 Å². The van der Waals surface area contributed by atoms with E-state index >= 15 is 0 Å². The Labute approximate surface area is 207 Å². The van der Waals surface area contributed by atoms with Crippen LogP contribution in [-0.4, -0.2) is 46.2 Å². The first-order chi connectivity index (χ1) is 16.7. The van der Waals surface area contributed by atoms with Crippen LogP contribution < -0.4 is 9.67 Å². The maximum Gasteiger partial charge on any atom is 0.354 e. The van der Waals surface area contributed by atoms with E-state index in [1.165, 1.54) is 12.0 Å². The molecule has 1 aliphatic rings. The summed E-state index contributed by atoms with van der Waals surface area (Å²) in [6.45, 7) is 4.11. The van der Waals surface area contributed by atoms with Crippen LogP contribution in [0.25, 0.3) is 5.76 Å². The molecule has 1 aliphatic heterocycles. The Morgan fingerprint density at radius 2 is 2.06 bits per heavy atom. The number of methoxy groups -OCH3 is 1. The largest absolute Gasteiger partial charge is 0.872 e. The van der Waals surface area contributed by atoms with Crippen molar-refractivity contribution in [2.45, 2.75) is 32.9 Å². The van der Waals surface area contributed by atoms with Crippen molar-refractivity contribution in [3.63, 3.8) is 0 Å². The molecule has 2 N–H and O–H groups in total. The molecule has 1 unspecified atom stereocenters. The van der Waals surface area contributed by atoms with Gasteiger partial charge in [0.05, 0.1) is 19.7 Å². The van der Waals surface area contributed by atoms with Crippen molar-refractivity contribution in [2.75, 3.05) is 13.7 Å². The fourth-order valence-corrected chi connectivity index (χ4v) is 4.74. The minimum atomic E-state index is -0.896. The van der Waals surface area contributed by atoms with Gasteiger partial charge in [-0.3, -0.25) is 14.6 Å². The fourth-order valence-electron chi connectivity index (χ4n) is 4.54. The van der Waals surface area contributed by atoms with Crippen LogP contribution in [0.1, 0.15) is 45.3 Å². The van der Waals surface area contributed by atoms with Gasteiger partial charge >= 0.3 is 5.97 Å². The molecule has 0 radical (unpaired) electrons. The van der Waals surface area contributed by atoms with E-state index in [9.17, 15) is 19.5 Å². The number of rotatable bonds is 7.